The highest BCUT2D eigenvalue weighted by Crippen LogP contribution is 2.71. The zero-order valence-electron chi connectivity index (χ0n) is 17.8. The van der Waals surface area contributed by atoms with Gasteiger partial charge in [0.25, 0.3) is 5.91 Å². The minimum Gasteiger partial charge on any atom is -0.471 e. The number of ether oxygens (including phenoxy) is 1. The Morgan fingerprint density at radius 1 is 1.03 bits per heavy atom. The lowest BCUT2D eigenvalue weighted by molar-refractivity contribution is -0.141. The van der Waals surface area contributed by atoms with Gasteiger partial charge in [-0.15, -0.1) is 0 Å². The fraction of sp³-hybridized carbons (Fsp3) is 0.348. The molecule has 2 aliphatic carbocycles. The van der Waals surface area contributed by atoms with Gasteiger partial charge in [0, 0.05) is 12.0 Å². The van der Waals surface area contributed by atoms with Crippen LogP contribution in [-0.2, 0) is 6.18 Å². The molecule has 2 saturated carbocycles. The zero-order chi connectivity index (χ0) is 24.5. The van der Waals surface area contributed by atoms with Gasteiger partial charge in [0.1, 0.15) is 11.9 Å². The molecule has 3 aliphatic rings. The van der Waals surface area contributed by atoms with Crippen molar-refractivity contribution in [2.45, 2.75) is 31.2 Å². The van der Waals surface area contributed by atoms with Crippen LogP contribution in [0.3, 0.4) is 0 Å². The van der Waals surface area contributed by atoms with Crippen molar-refractivity contribution in [2.24, 2.45) is 11.3 Å². The fourth-order valence-corrected chi connectivity index (χ4v) is 5.46. The summed E-state index contributed by atoms with van der Waals surface area (Å²) in [6.45, 7) is 0.447. The quantitative estimate of drug-likeness (QED) is 0.517. The van der Waals surface area contributed by atoms with Crippen LogP contribution in [-0.4, -0.2) is 49.4 Å². The summed E-state index contributed by atoms with van der Waals surface area (Å²) < 4.78 is 72.1. The number of aromatic nitrogens is 4. The number of carbonyl (C=O) groups is 1. The number of nitrogens with zero attached hydrogens (tertiary/aromatic N) is 5. The Balaban J connectivity index is 1.27. The van der Waals surface area contributed by atoms with E-state index in [0.717, 1.165) is 25.0 Å². The van der Waals surface area contributed by atoms with Crippen molar-refractivity contribution in [3.05, 3.63) is 65.9 Å². The highest BCUT2D eigenvalue weighted by Gasteiger charge is 2.76. The van der Waals surface area contributed by atoms with Crippen molar-refractivity contribution in [1.29, 1.82) is 0 Å². The van der Waals surface area contributed by atoms with Gasteiger partial charge in [0.2, 0.25) is 5.88 Å². The minimum atomic E-state index is -4.61. The summed E-state index contributed by atoms with van der Waals surface area (Å²) in [6.07, 6.45) is -0.259. The summed E-state index contributed by atoms with van der Waals surface area (Å²) in [7, 11) is 0. The maximum absolute atomic E-state index is 14.8. The standard InChI is InChI=1S/C23H16F5N5O2/c24-12-6-31-20(32-7-12)18-13(2-1-3-14(18)25)21(34)33-10-11-4-22(11)5-15(19(22)33)35-17-9-29-16(8-30-17)23(26,27)28/h1-3,6-9,11,15,19H,4-5,10H2. The minimum absolute atomic E-state index is 0.0352. The van der Waals surface area contributed by atoms with Crippen molar-refractivity contribution < 1.29 is 31.5 Å². The number of likely N-dealkylation sites (tertiary alicyclic amines) is 1. The second-order valence-electron chi connectivity index (χ2n) is 9.02. The van der Waals surface area contributed by atoms with Gasteiger partial charge in [-0.2, -0.15) is 13.2 Å². The highest BCUT2D eigenvalue weighted by atomic mass is 19.4. The number of carbonyl (C=O) groups excluding carboxylic acids is 1. The zero-order valence-corrected chi connectivity index (χ0v) is 17.8. The van der Waals surface area contributed by atoms with Gasteiger partial charge in [-0.1, -0.05) is 6.07 Å². The van der Waals surface area contributed by atoms with E-state index < -0.39 is 35.5 Å². The lowest BCUT2D eigenvalue weighted by Crippen LogP contribution is -2.59. The molecule has 2 aromatic heterocycles. The predicted molar refractivity (Wildman–Crippen MR) is 109 cm³/mol. The molecule has 4 unspecified atom stereocenters. The summed E-state index contributed by atoms with van der Waals surface area (Å²) in [5.74, 6) is -1.78. The molecular weight excluding hydrogens is 473 g/mol. The van der Waals surface area contributed by atoms with Gasteiger partial charge in [0.15, 0.2) is 17.3 Å². The van der Waals surface area contributed by atoms with Gasteiger partial charge >= 0.3 is 6.18 Å². The molecular formula is C23H16F5N5O2. The van der Waals surface area contributed by atoms with E-state index in [0.29, 0.717) is 19.2 Å². The average molecular weight is 489 g/mol. The Hall–Kier alpha value is -3.70. The first-order valence-corrected chi connectivity index (χ1v) is 10.8. The Morgan fingerprint density at radius 3 is 2.49 bits per heavy atom. The first-order valence-electron chi connectivity index (χ1n) is 10.8. The van der Waals surface area contributed by atoms with E-state index >= 15 is 0 Å². The molecule has 3 heterocycles. The molecule has 1 aromatic carbocycles. The van der Waals surface area contributed by atoms with Crippen LogP contribution in [0.15, 0.2) is 43.0 Å². The molecule has 1 saturated heterocycles. The van der Waals surface area contributed by atoms with E-state index in [1.165, 1.54) is 18.2 Å². The van der Waals surface area contributed by atoms with E-state index in [9.17, 15) is 26.7 Å². The third-order valence-corrected chi connectivity index (χ3v) is 7.09. The van der Waals surface area contributed by atoms with Crippen LogP contribution in [0.4, 0.5) is 22.0 Å². The van der Waals surface area contributed by atoms with Crippen LogP contribution in [0, 0.1) is 23.0 Å². The summed E-state index contributed by atoms with van der Waals surface area (Å²) >= 11 is 0. The summed E-state index contributed by atoms with van der Waals surface area (Å²) in [6, 6.07) is 3.68. The normalized spacial score (nSPS) is 26.5. The van der Waals surface area contributed by atoms with E-state index in [4.69, 9.17) is 4.74 Å². The number of hydrogen-bond acceptors (Lipinski definition) is 6. The maximum atomic E-state index is 14.8. The topological polar surface area (TPSA) is 81.1 Å². The molecule has 4 atom stereocenters. The second-order valence-corrected chi connectivity index (χ2v) is 9.02. The lowest BCUT2D eigenvalue weighted by atomic mass is 9.73. The van der Waals surface area contributed by atoms with Gasteiger partial charge in [-0.25, -0.2) is 28.7 Å². The molecule has 0 radical (unpaired) electrons. The lowest BCUT2D eigenvalue weighted by Gasteiger charge is -2.47. The molecule has 1 spiro atoms. The monoisotopic (exact) mass is 489 g/mol. The largest absolute Gasteiger partial charge is 0.471 e. The number of piperidine rings is 1. The first-order chi connectivity index (χ1) is 16.7. The molecule has 1 aliphatic heterocycles. The average Bonchev–Trinajstić information content (AvgIpc) is 3.47. The molecule has 3 aromatic rings. The molecule has 0 bridgehead atoms. The van der Waals surface area contributed by atoms with Crippen LogP contribution in [0.5, 0.6) is 5.88 Å². The SMILES string of the molecule is O=C(c1cccc(F)c1-c1ncc(F)cn1)N1CC2CC23CC(Oc2cnc(C(F)(F)F)cn2)C13. The summed E-state index contributed by atoms with van der Waals surface area (Å²) in [5.41, 5.74) is -1.33. The van der Waals surface area contributed by atoms with Crippen molar-refractivity contribution >= 4 is 5.91 Å². The van der Waals surface area contributed by atoms with Gasteiger partial charge in [-0.3, -0.25) is 4.79 Å². The summed E-state index contributed by atoms with van der Waals surface area (Å²) in [4.78, 5) is 29.9. The Morgan fingerprint density at radius 2 is 1.80 bits per heavy atom. The second kappa shape index (κ2) is 7.40. The van der Waals surface area contributed by atoms with Crippen molar-refractivity contribution in [3.63, 3.8) is 0 Å². The Bertz CT molecular complexity index is 1320. The smallest absolute Gasteiger partial charge is 0.434 e. The van der Waals surface area contributed by atoms with Crippen LogP contribution in [0.2, 0.25) is 0 Å². The molecule has 3 fully saturated rings. The number of hydrogen-bond donors (Lipinski definition) is 0. The third-order valence-electron chi connectivity index (χ3n) is 7.09. The van der Waals surface area contributed by atoms with Crippen LogP contribution < -0.4 is 4.74 Å². The summed E-state index contributed by atoms with van der Waals surface area (Å²) in [5, 5.41) is 0. The van der Waals surface area contributed by atoms with E-state index in [2.05, 4.69) is 19.9 Å². The Labute approximate surface area is 195 Å². The first kappa shape index (κ1) is 21.8. The van der Waals surface area contributed by atoms with Crippen molar-refractivity contribution in [3.8, 4) is 17.3 Å². The van der Waals surface area contributed by atoms with Gasteiger partial charge in [0.05, 0.1) is 42.0 Å². The highest BCUT2D eigenvalue weighted by molar-refractivity contribution is 6.01. The molecule has 7 nitrogen and oxygen atoms in total. The Kier molecular flexibility index (Phi) is 4.61. The molecule has 35 heavy (non-hydrogen) atoms. The number of alkyl halides is 3. The molecule has 1 amide bonds. The van der Waals surface area contributed by atoms with Gasteiger partial charge < -0.3 is 9.64 Å². The molecule has 180 valence electrons. The van der Waals surface area contributed by atoms with Gasteiger partial charge in [-0.05, 0) is 30.9 Å². The van der Waals surface area contributed by atoms with Crippen LogP contribution in [0.1, 0.15) is 28.9 Å². The molecule has 12 heteroatoms. The number of halogens is 5. The number of rotatable bonds is 4. The van der Waals surface area contributed by atoms with Crippen LogP contribution in [0.25, 0.3) is 11.4 Å². The maximum Gasteiger partial charge on any atom is 0.434 e. The number of benzene rings is 1. The van der Waals surface area contributed by atoms with Crippen LogP contribution >= 0.6 is 0 Å². The van der Waals surface area contributed by atoms with E-state index in [1.54, 1.807) is 4.90 Å². The fourth-order valence-electron chi connectivity index (χ4n) is 5.46. The predicted octanol–water partition coefficient (Wildman–Crippen LogP) is 3.91. The van der Waals surface area contributed by atoms with Crippen molar-refractivity contribution in [2.75, 3.05) is 6.54 Å². The number of amides is 1. The molecule has 6 rings (SSSR count). The van der Waals surface area contributed by atoms with E-state index in [1.807, 2.05) is 0 Å². The van der Waals surface area contributed by atoms with E-state index in [-0.39, 0.29) is 40.2 Å². The van der Waals surface area contributed by atoms with Crippen molar-refractivity contribution in [1.82, 2.24) is 24.8 Å². The molecule has 0 N–H and O–H groups in total. The third kappa shape index (κ3) is 3.41.